The van der Waals surface area contributed by atoms with Gasteiger partial charge in [0.05, 0.1) is 27.4 Å². The third-order valence-corrected chi connectivity index (χ3v) is 7.65. The van der Waals surface area contributed by atoms with E-state index in [-0.39, 0.29) is 40.7 Å². The van der Waals surface area contributed by atoms with Gasteiger partial charge < -0.3 is 9.80 Å². The second-order valence-electron chi connectivity index (χ2n) is 9.82. The number of benzene rings is 2. The number of piperazine rings is 1. The molecule has 1 saturated carbocycles. The smallest absolute Gasteiger partial charge is 0.294 e. The second-order valence-corrected chi connectivity index (χ2v) is 9.82. The van der Waals surface area contributed by atoms with Gasteiger partial charge in [-0.25, -0.2) is 4.90 Å². The number of carbonyl (C=O) groups is 2. The Morgan fingerprint density at radius 2 is 1.39 bits per heavy atom. The number of hydrogen-bond donors (Lipinski definition) is 0. The summed E-state index contributed by atoms with van der Waals surface area (Å²) in [6.45, 7) is 4.28. The molecule has 2 saturated heterocycles. The lowest BCUT2D eigenvalue weighted by molar-refractivity contribution is -0.384. The zero-order valence-electron chi connectivity index (χ0n) is 19.9. The Morgan fingerprint density at radius 1 is 0.778 bits per heavy atom. The fraction of sp³-hybridized carbons (Fsp3) is 0.440. The molecule has 2 amide bonds. The summed E-state index contributed by atoms with van der Waals surface area (Å²) >= 11 is 0. The maximum Gasteiger partial charge on any atom is 0.294 e. The van der Waals surface area contributed by atoms with Gasteiger partial charge in [-0.05, 0) is 49.4 Å². The van der Waals surface area contributed by atoms with Crippen LogP contribution in [-0.4, -0.2) is 47.8 Å². The van der Waals surface area contributed by atoms with Crippen LogP contribution in [0.25, 0.3) is 0 Å². The van der Waals surface area contributed by atoms with Crippen molar-refractivity contribution in [1.29, 1.82) is 0 Å². The van der Waals surface area contributed by atoms with Crippen molar-refractivity contribution in [1.82, 2.24) is 0 Å². The number of rotatable bonds is 5. The predicted molar refractivity (Wildman–Crippen MR) is 133 cm³/mol. The highest BCUT2D eigenvalue weighted by Gasteiger charge is 2.50. The first-order valence-corrected chi connectivity index (χ1v) is 12.1. The van der Waals surface area contributed by atoms with Crippen LogP contribution in [0.3, 0.4) is 0 Å². The molecule has 0 unspecified atom stereocenters. The average molecular weight is 494 g/mol. The topological polar surface area (TPSA) is 130 Å². The number of amides is 2. The summed E-state index contributed by atoms with van der Waals surface area (Å²) in [5.41, 5.74) is 1.44. The van der Waals surface area contributed by atoms with Crippen molar-refractivity contribution in [2.75, 3.05) is 40.9 Å². The molecule has 0 N–H and O–H groups in total. The van der Waals surface area contributed by atoms with Crippen LogP contribution in [-0.2, 0) is 9.59 Å². The predicted octanol–water partition coefficient (Wildman–Crippen LogP) is 3.76. The maximum atomic E-state index is 13.1. The zero-order chi connectivity index (χ0) is 25.6. The average Bonchev–Trinajstić information content (AvgIpc) is 3.12. The molecule has 3 aliphatic rings. The van der Waals surface area contributed by atoms with Crippen LogP contribution in [0.5, 0.6) is 0 Å². The minimum Gasteiger partial charge on any atom is -0.368 e. The van der Waals surface area contributed by atoms with Crippen molar-refractivity contribution >= 4 is 40.3 Å². The summed E-state index contributed by atoms with van der Waals surface area (Å²) < 4.78 is 0. The fourth-order valence-corrected chi connectivity index (χ4v) is 5.70. The molecule has 5 rings (SSSR count). The summed E-state index contributed by atoms with van der Waals surface area (Å²) in [6, 6.07) is 10.9. The van der Waals surface area contributed by atoms with Gasteiger partial charge in [0, 0.05) is 50.1 Å². The Morgan fingerprint density at radius 3 is 2.03 bits per heavy atom. The van der Waals surface area contributed by atoms with Crippen LogP contribution < -0.4 is 14.7 Å². The Kier molecular flexibility index (Phi) is 6.07. The van der Waals surface area contributed by atoms with Crippen LogP contribution in [0.1, 0.15) is 26.2 Å². The molecule has 3 atom stereocenters. The van der Waals surface area contributed by atoms with E-state index in [2.05, 4.69) is 11.8 Å². The maximum absolute atomic E-state index is 13.1. The number of non-ortho nitro benzene ring substituents is 1. The molecule has 2 aliphatic heterocycles. The molecule has 2 aromatic carbocycles. The van der Waals surface area contributed by atoms with Gasteiger partial charge in [-0.15, -0.1) is 0 Å². The molecule has 0 bridgehead atoms. The molecular weight excluding hydrogens is 466 g/mol. The normalized spacial score (nSPS) is 24.1. The lowest BCUT2D eigenvalue weighted by Gasteiger charge is -2.37. The molecule has 11 nitrogen and oxygen atoms in total. The molecular formula is C25H27N5O6. The van der Waals surface area contributed by atoms with Crippen molar-refractivity contribution in [3.8, 4) is 0 Å². The van der Waals surface area contributed by atoms with E-state index in [0.717, 1.165) is 17.0 Å². The van der Waals surface area contributed by atoms with E-state index >= 15 is 0 Å². The van der Waals surface area contributed by atoms with Gasteiger partial charge >= 0.3 is 0 Å². The number of nitrogens with zero attached hydrogens (tertiary/aromatic N) is 5. The summed E-state index contributed by atoms with van der Waals surface area (Å²) in [5, 5.41) is 22.9. The molecule has 0 radical (unpaired) electrons. The summed E-state index contributed by atoms with van der Waals surface area (Å²) in [5.74, 6) is -0.803. The number of fused-ring (bicyclic) bond motifs is 1. The Bertz CT molecular complexity index is 1220. The lowest BCUT2D eigenvalue weighted by atomic mass is 9.76. The van der Waals surface area contributed by atoms with E-state index in [9.17, 15) is 29.8 Å². The van der Waals surface area contributed by atoms with Crippen LogP contribution in [0.2, 0.25) is 0 Å². The van der Waals surface area contributed by atoms with Gasteiger partial charge in [-0.2, -0.15) is 0 Å². The number of nitro benzene ring substituents is 2. The molecule has 2 heterocycles. The van der Waals surface area contributed by atoms with Crippen molar-refractivity contribution in [3.05, 3.63) is 62.7 Å². The number of nitro groups is 2. The van der Waals surface area contributed by atoms with E-state index in [1.165, 1.54) is 18.2 Å². The zero-order valence-corrected chi connectivity index (χ0v) is 19.9. The van der Waals surface area contributed by atoms with Gasteiger partial charge in [0.2, 0.25) is 11.8 Å². The third-order valence-electron chi connectivity index (χ3n) is 7.65. The first-order valence-electron chi connectivity index (χ1n) is 12.1. The van der Waals surface area contributed by atoms with Crippen LogP contribution in [0, 0.1) is 38.0 Å². The van der Waals surface area contributed by atoms with Crippen molar-refractivity contribution in [2.24, 2.45) is 17.8 Å². The molecule has 1 aliphatic carbocycles. The summed E-state index contributed by atoms with van der Waals surface area (Å²) in [6.07, 6.45) is 2.25. The van der Waals surface area contributed by atoms with Gasteiger partial charge in [-0.3, -0.25) is 29.8 Å². The Balaban J connectivity index is 1.34. The molecule has 188 valence electrons. The quantitative estimate of drug-likeness (QED) is 0.350. The summed E-state index contributed by atoms with van der Waals surface area (Å²) in [4.78, 5) is 53.2. The van der Waals surface area contributed by atoms with Gasteiger partial charge in [0.1, 0.15) is 5.69 Å². The van der Waals surface area contributed by atoms with E-state index in [1.807, 2.05) is 4.90 Å². The number of carbonyl (C=O) groups excluding carboxylic acids is 2. The summed E-state index contributed by atoms with van der Waals surface area (Å²) in [7, 11) is 0. The lowest BCUT2D eigenvalue weighted by Crippen LogP contribution is -2.46. The fourth-order valence-electron chi connectivity index (χ4n) is 5.70. The van der Waals surface area contributed by atoms with Gasteiger partial charge in [-0.1, -0.05) is 6.92 Å². The number of anilines is 3. The highest BCUT2D eigenvalue weighted by atomic mass is 16.6. The van der Waals surface area contributed by atoms with Gasteiger partial charge in [0.25, 0.3) is 11.4 Å². The molecule has 3 fully saturated rings. The van der Waals surface area contributed by atoms with Crippen LogP contribution in [0.4, 0.5) is 28.4 Å². The van der Waals surface area contributed by atoms with Crippen molar-refractivity contribution in [3.63, 3.8) is 0 Å². The molecule has 36 heavy (non-hydrogen) atoms. The van der Waals surface area contributed by atoms with Crippen LogP contribution in [0.15, 0.2) is 42.5 Å². The number of imide groups is 1. The van der Waals surface area contributed by atoms with Crippen LogP contribution >= 0.6 is 0 Å². The third kappa shape index (κ3) is 4.14. The molecule has 2 aromatic rings. The second kappa shape index (κ2) is 9.21. The highest BCUT2D eigenvalue weighted by Crippen LogP contribution is 2.43. The highest BCUT2D eigenvalue weighted by molar-refractivity contribution is 6.22. The molecule has 11 heteroatoms. The molecule has 0 aromatic heterocycles. The first-order chi connectivity index (χ1) is 17.2. The standard InChI is InChI=1S/C25H27N5O6/c1-16-2-8-20-21(14-16)25(32)28(24(20)31)19-7-9-22(23(15-19)30(35)36)27-12-10-26(11-13-27)17-3-5-18(6-4-17)29(33)34/h3-7,9,15-16,20-21H,2,8,10-14H2,1H3/t16-,20+,21-/m1/s1. The minimum absolute atomic E-state index is 0.0248. The monoisotopic (exact) mass is 493 g/mol. The number of hydrogen-bond acceptors (Lipinski definition) is 8. The van der Waals surface area contributed by atoms with E-state index < -0.39 is 9.85 Å². The molecule has 0 spiro atoms. The van der Waals surface area contributed by atoms with Gasteiger partial charge in [0.15, 0.2) is 0 Å². The van der Waals surface area contributed by atoms with E-state index in [4.69, 9.17) is 0 Å². The largest absolute Gasteiger partial charge is 0.368 e. The SMILES string of the molecule is C[C@@H]1CC[C@@H]2C(=O)N(c3ccc(N4CCN(c5ccc([N+](=O)[O-])cc5)CC4)c([N+](=O)[O-])c3)C(=O)[C@@H]2C1. The first kappa shape index (κ1) is 23.7. The Labute approximate surface area is 207 Å². The van der Waals surface area contributed by atoms with E-state index in [0.29, 0.717) is 50.6 Å². The Hall–Kier alpha value is -4.02. The van der Waals surface area contributed by atoms with Crippen molar-refractivity contribution < 1.29 is 19.4 Å². The minimum atomic E-state index is -0.471. The van der Waals surface area contributed by atoms with Crippen molar-refractivity contribution in [2.45, 2.75) is 26.2 Å². The van der Waals surface area contributed by atoms with E-state index in [1.54, 1.807) is 24.3 Å².